The third-order valence-corrected chi connectivity index (χ3v) is 4.54. The third kappa shape index (κ3) is 4.94. The van der Waals surface area contributed by atoms with Crippen molar-refractivity contribution in [1.82, 2.24) is 5.32 Å². The predicted molar refractivity (Wildman–Crippen MR) is 84.4 cm³/mol. The summed E-state index contributed by atoms with van der Waals surface area (Å²) in [6.07, 6.45) is 4.52. The molecule has 0 heterocycles. The topological polar surface area (TPSA) is 125 Å². The molecule has 3 N–H and O–H groups in total. The number of amides is 2. The molecule has 24 heavy (non-hydrogen) atoms. The highest BCUT2D eigenvalue weighted by molar-refractivity contribution is 5.97. The number of carbonyl (C=O) groups excluding carboxylic acids is 4. The van der Waals surface area contributed by atoms with Crippen LogP contribution in [0.2, 0.25) is 0 Å². The highest BCUT2D eigenvalue weighted by atomic mass is 16.5. The average molecular weight is 342 g/mol. The first-order chi connectivity index (χ1) is 11.3. The minimum atomic E-state index is -1.34. The van der Waals surface area contributed by atoms with Crippen LogP contribution in [0.15, 0.2) is 0 Å². The largest absolute Gasteiger partial charge is 0.468 e. The first kappa shape index (κ1) is 19.9. The summed E-state index contributed by atoms with van der Waals surface area (Å²) in [7, 11) is 2.26. The van der Waals surface area contributed by atoms with Crippen LogP contribution in [0.1, 0.15) is 39.0 Å². The Hall–Kier alpha value is -2.12. The van der Waals surface area contributed by atoms with Crippen molar-refractivity contribution in [2.24, 2.45) is 23.5 Å². The van der Waals surface area contributed by atoms with E-state index < -0.39 is 35.7 Å². The van der Waals surface area contributed by atoms with E-state index in [1.54, 1.807) is 0 Å². The molecule has 1 aliphatic carbocycles. The number of ether oxygens (including phenoxy) is 2. The normalized spacial score (nSPS) is 17.7. The Bertz CT molecular complexity index is 471. The van der Waals surface area contributed by atoms with Gasteiger partial charge in [0.25, 0.3) is 0 Å². The zero-order valence-electron chi connectivity index (χ0n) is 14.4. The molecule has 0 aromatic carbocycles. The Morgan fingerprint density at radius 3 is 1.92 bits per heavy atom. The van der Waals surface area contributed by atoms with Gasteiger partial charge in [-0.3, -0.25) is 19.2 Å². The van der Waals surface area contributed by atoms with Gasteiger partial charge in [-0.2, -0.15) is 0 Å². The van der Waals surface area contributed by atoms with E-state index in [9.17, 15) is 19.2 Å². The summed E-state index contributed by atoms with van der Waals surface area (Å²) in [6, 6.07) is -1.16. The van der Waals surface area contributed by atoms with Gasteiger partial charge in [-0.25, -0.2) is 0 Å². The molecule has 1 fully saturated rings. The van der Waals surface area contributed by atoms with Gasteiger partial charge in [-0.1, -0.05) is 26.2 Å². The number of nitrogens with two attached hydrogens (primary N) is 1. The monoisotopic (exact) mass is 342 g/mol. The summed E-state index contributed by atoms with van der Waals surface area (Å²) >= 11 is 0. The molecule has 0 aliphatic heterocycles. The molecule has 0 spiro atoms. The Balaban J connectivity index is 2.91. The molecule has 1 rings (SSSR count). The average Bonchev–Trinajstić information content (AvgIpc) is 2.59. The molecule has 0 aromatic rings. The van der Waals surface area contributed by atoms with Crippen LogP contribution in [-0.4, -0.2) is 44.0 Å². The van der Waals surface area contributed by atoms with Crippen LogP contribution in [0, 0.1) is 17.8 Å². The summed E-state index contributed by atoms with van der Waals surface area (Å²) < 4.78 is 9.21. The maximum absolute atomic E-state index is 12.4. The first-order valence-electron chi connectivity index (χ1n) is 8.08. The van der Waals surface area contributed by atoms with Gasteiger partial charge in [0.2, 0.25) is 11.8 Å². The SMILES string of the molecule is COC(=O)C(C(=O)OC)[C@H](C)[C@@H](NC(=O)C1CCCCC1)C(N)=O. The zero-order valence-corrected chi connectivity index (χ0v) is 14.4. The lowest BCUT2D eigenvalue weighted by Gasteiger charge is -2.29. The van der Waals surface area contributed by atoms with Crippen LogP contribution in [0.5, 0.6) is 0 Å². The van der Waals surface area contributed by atoms with Gasteiger partial charge < -0.3 is 20.5 Å². The quantitative estimate of drug-likeness (QED) is 0.501. The van der Waals surface area contributed by atoms with Crippen molar-refractivity contribution in [3.63, 3.8) is 0 Å². The molecular weight excluding hydrogens is 316 g/mol. The van der Waals surface area contributed by atoms with Crippen molar-refractivity contribution in [3.05, 3.63) is 0 Å². The molecule has 0 saturated heterocycles. The highest BCUT2D eigenvalue weighted by Gasteiger charge is 2.41. The van der Waals surface area contributed by atoms with Crippen molar-refractivity contribution in [2.75, 3.05) is 14.2 Å². The fourth-order valence-electron chi connectivity index (χ4n) is 3.07. The molecule has 2 atom stereocenters. The van der Waals surface area contributed by atoms with Crippen LogP contribution in [0.25, 0.3) is 0 Å². The van der Waals surface area contributed by atoms with Crippen molar-refractivity contribution < 1.29 is 28.7 Å². The van der Waals surface area contributed by atoms with E-state index in [0.717, 1.165) is 46.3 Å². The second-order valence-electron chi connectivity index (χ2n) is 6.11. The van der Waals surface area contributed by atoms with Crippen LogP contribution in [-0.2, 0) is 28.7 Å². The van der Waals surface area contributed by atoms with E-state index >= 15 is 0 Å². The summed E-state index contributed by atoms with van der Waals surface area (Å²) in [5.41, 5.74) is 5.38. The van der Waals surface area contributed by atoms with E-state index in [1.165, 1.54) is 6.92 Å². The lowest BCUT2D eigenvalue weighted by atomic mass is 9.85. The maximum atomic E-state index is 12.4. The number of carbonyl (C=O) groups is 4. The minimum absolute atomic E-state index is 0.178. The van der Waals surface area contributed by atoms with Crippen molar-refractivity contribution in [3.8, 4) is 0 Å². The van der Waals surface area contributed by atoms with Crippen molar-refractivity contribution >= 4 is 23.8 Å². The van der Waals surface area contributed by atoms with Crippen LogP contribution < -0.4 is 11.1 Å². The van der Waals surface area contributed by atoms with E-state index in [2.05, 4.69) is 14.8 Å². The first-order valence-corrected chi connectivity index (χ1v) is 8.08. The van der Waals surface area contributed by atoms with Crippen LogP contribution >= 0.6 is 0 Å². The number of hydrogen-bond donors (Lipinski definition) is 2. The van der Waals surface area contributed by atoms with Crippen molar-refractivity contribution in [2.45, 2.75) is 45.1 Å². The molecular formula is C16H26N2O6. The highest BCUT2D eigenvalue weighted by Crippen LogP contribution is 2.25. The number of hydrogen-bond acceptors (Lipinski definition) is 6. The van der Waals surface area contributed by atoms with Gasteiger partial charge in [0.1, 0.15) is 6.04 Å². The maximum Gasteiger partial charge on any atom is 0.320 e. The van der Waals surface area contributed by atoms with Crippen LogP contribution in [0.3, 0.4) is 0 Å². The van der Waals surface area contributed by atoms with Crippen LogP contribution in [0.4, 0.5) is 0 Å². The Morgan fingerprint density at radius 2 is 1.50 bits per heavy atom. The van der Waals surface area contributed by atoms with E-state index in [-0.39, 0.29) is 11.8 Å². The van der Waals surface area contributed by atoms with Gasteiger partial charge in [0.15, 0.2) is 5.92 Å². The number of rotatable bonds is 7. The van der Waals surface area contributed by atoms with Gasteiger partial charge in [-0.05, 0) is 12.8 Å². The molecule has 0 unspecified atom stereocenters. The van der Waals surface area contributed by atoms with E-state index in [4.69, 9.17) is 5.73 Å². The second-order valence-corrected chi connectivity index (χ2v) is 6.11. The Kier molecular flexibility index (Phi) is 7.67. The standard InChI is InChI=1S/C16H26N2O6/c1-9(11(15(21)23-2)16(22)24-3)12(13(17)19)18-14(20)10-7-5-4-6-8-10/h9-12H,4-8H2,1-3H3,(H2,17,19)(H,18,20)/t9-,12+/m0/s1. The Morgan fingerprint density at radius 1 is 1.00 bits per heavy atom. The molecule has 0 bridgehead atoms. The second kappa shape index (κ2) is 9.24. The third-order valence-electron chi connectivity index (χ3n) is 4.54. The number of esters is 2. The molecule has 0 radical (unpaired) electrons. The fraction of sp³-hybridized carbons (Fsp3) is 0.750. The van der Waals surface area contributed by atoms with Crippen molar-refractivity contribution in [1.29, 1.82) is 0 Å². The van der Waals surface area contributed by atoms with Gasteiger partial charge >= 0.3 is 11.9 Å². The lowest BCUT2D eigenvalue weighted by Crippen LogP contribution is -2.54. The lowest BCUT2D eigenvalue weighted by molar-refractivity contribution is -0.162. The molecule has 8 nitrogen and oxygen atoms in total. The van der Waals surface area contributed by atoms with Gasteiger partial charge in [-0.15, -0.1) is 0 Å². The van der Waals surface area contributed by atoms with Gasteiger partial charge in [0, 0.05) is 11.8 Å². The Labute approximate surface area is 141 Å². The molecule has 1 saturated carbocycles. The fourth-order valence-corrected chi connectivity index (χ4v) is 3.07. The van der Waals surface area contributed by atoms with E-state index in [1.807, 2.05) is 0 Å². The number of nitrogens with one attached hydrogen (secondary N) is 1. The molecule has 0 aromatic heterocycles. The summed E-state index contributed by atoms with van der Waals surface area (Å²) in [5, 5.41) is 2.60. The summed E-state index contributed by atoms with van der Waals surface area (Å²) in [6.45, 7) is 1.48. The molecule has 2 amide bonds. The van der Waals surface area contributed by atoms with Gasteiger partial charge in [0.05, 0.1) is 14.2 Å². The molecule has 1 aliphatic rings. The summed E-state index contributed by atoms with van der Waals surface area (Å²) in [4.78, 5) is 47.9. The zero-order chi connectivity index (χ0) is 18.3. The molecule has 136 valence electrons. The molecule has 8 heteroatoms. The smallest absolute Gasteiger partial charge is 0.320 e. The summed E-state index contributed by atoms with van der Waals surface area (Å²) in [5.74, 6) is -5.19. The predicted octanol–water partition coefficient (Wildman–Crippen LogP) is 0.135. The number of primary amides is 1. The minimum Gasteiger partial charge on any atom is -0.468 e. The van der Waals surface area contributed by atoms with E-state index in [0.29, 0.717) is 0 Å². The number of methoxy groups -OCH3 is 2.